The smallest absolute Gasteiger partial charge is 0.326 e. The molecule has 13 heteroatoms. The summed E-state index contributed by atoms with van der Waals surface area (Å²) in [5.41, 5.74) is 11.7. The van der Waals surface area contributed by atoms with E-state index in [1.165, 1.54) is 18.7 Å². The number of nitrogens with zero attached hydrogens (tertiary/aromatic N) is 1. The van der Waals surface area contributed by atoms with Gasteiger partial charge in [0.1, 0.15) is 24.2 Å². The van der Waals surface area contributed by atoms with Crippen molar-refractivity contribution in [3.63, 3.8) is 0 Å². The highest BCUT2D eigenvalue weighted by Gasteiger charge is 2.37. The van der Waals surface area contributed by atoms with Gasteiger partial charge in [-0.25, -0.2) is 4.79 Å². The molecule has 38 heavy (non-hydrogen) atoms. The lowest BCUT2D eigenvalue weighted by Crippen LogP contribution is -2.57. The summed E-state index contributed by atoms with van der Waals surface area (Å²) in [6, 6.07) is 3.67. The number of carbonyl (C=O) groups excluding carboxylic acids is 5. The van der Waals surface area contributed by atoms with E-state index in [-0.39, 0.29) is 19.3 Å². The van der Waals surface area contributed by atoms with Crippen molar-refractivity contribution in [1.29, 1.82) is 0 Å². The fourth-order valence-corrected chi connectivity index (χ4v) is 4.06. The number of carbonyl (C=O) groups is 6. The molecule has 0 spiro atoms. The molecule has 0 bridgehead atoms. The highest BCUT2D eigenvalue weighted by Crippen LogP contribution is 2.19. The van der Waals surface area contributed by atoms with Gasteiger partial charge in [-0.15, -0.1) is 0 Å². The van der Waals surface area contributed by atoms with Gasteiger partial charge in [-0.05, 0) is 38.7 Å². The molecule has 1 aliphatic heterocycles. The number of aliphatic carboxylic acids is 1. The first-order valence-electron chi connectivity index (χ1n) is 12.4. The zero-order chi connectivity index (χ0) is 28.4. The molecule has 5 atom stereocenters. The second-order valence-corrected chi connectivity index (χ2v) is 9.35. The molecule has 1 aliphatic rings. The number of hydrogen-bond acceptors (Lipinski definition) is 7. The molecule has 1 aromatic carbocycles. The van der Waals surface area contributed by atoms with Crippen molar-refractivity contribution in [2.24, 2.45) is 11.5 Å². The summed E-state index contributed by atoms with van der Waals surface area (Å²) < 4.78 is 0. The molecule has 0 saturated carbocycles. The number of nitrogens with two attached hydrogens (primary N) is 2. The van der Waals surface area contributed by atoms with E-state index in [1.54, 1.807) is 30.3 Å². The number of primary amides is 1. The summed E-state index contributed by atoms with van der Waals surface area (Å²) in [6.45, 7) is 3.13. The average molecular weight is 533 g/mol. The molecule has 1 fully saturated rings. The fraction of sp³-hybridized carbons (Fsp3) is 0.520. The fourth-order valence-electron chi connectivity index (χ4n) is 4.06. The summed E-state index contributed by atoms with van der Waals surface area (Å²) >= 11 is 0. The van der Waals surface area contributed by atoms with Crippen LogP contribution in [0.2, 0.25) is 0 Å². The van der Waals surface area contributed by atoms with Gasteiger partial charge in [-0.1, -0.05) is 30.3 Å². The lowest BCUT2D eigenvalue weighted by molar-refractivity contribution is -0.142. The minimum absolute atomic E-state index is 0.0555. The molecular formula is C25H36N6O7. The van der Waals surface area contributed by atoms with Gasteiger partial charge in [0, 0.05) is 19.4 Å². The van der Waals surface area contributed by atoms with E-state index in [2.05, 4.69) is 16.0 Å². The molecule has 13 nitrogen and oxygen atoms in total. The van der Waals surface area contributed by atoms with Crippen molar-refractivity contribution in [3.05, 3.63) is 35.9 Å². The summed E-state index contributed by atoms with van der Waals surface area (Å²) in [5, 5.41) is 16.9. The predicted molar refractivity (Wildman–Crippen MR) is 136 cm³/mol. The quantitative estimate of drug-likeness (QED) is 0.173. The molecule has 208 valence electrons. The molecule has 1 heterocycles. The lowest BCUT2D eigenvalue weighted by Gasteiger charge is -2.28. The number of benzene rings is 1. The molecular weight excluding hydrogens is 496 g/mol. The van der Waals surface area contributed by atoms with E-state index in [9.17, 15) is 33.9 Å². The Labute approximate surface area is 220 Å². The van der Waals surface area contributed by atoms with Gasteiger partial charge in [0.05, 0.1) is 6.04 Å². The number of amides is 5. The van der Waals surface area contributed by atoms with Crippen LogP contribution in [0, 0.1) is 0 Å². The number of carboxylic acid groups (broad SMARTS) is 1. The normalized spacial score (nSPS) is 18.0. The standard InChI is InChI=1S/C25H36N6O7/c1-14(29-23(35)19-9-6-12-31(19)24(36)17(26)10-11-20(27)32)21(33)28-15(2)22(34)30-18(25(37)38)13-16-7-4-3-5-8-16/h3-5,7-8,14-15,17-19H,6,9-13,26H2,1-2H3,(H2,27,32)(H,28,33)(H,29,35)(H,30,34)(H,37,38)/t14-,15-,17-,18-,19-/m0/s1. The number of rotatable bonds is 13. The number of nitrogens with one attached hydrogen (secondary N) is 3. The van der Waals surface area contributed by atoms with Gasteiger partial charge in [-0.2, -0.15) is 0 Å². The predicted octanol–water partition coefficient (Wildman–Crippen LogP) is -1.61. The SMILES string of the molecule is C[C@H](NC(=O)[C@H](C)NC(=O)[C@@H]1CCCN1C(=O)[C@@H](N)CCC(N)=O)C(=O)N[C@@H](Cc1ccccc1)C(=O)O. The summed E-state index contributed by atoms with van der Waals surface area (Å²) in [4.78, 5) is 74.6. The molecule has 8 N–H and O–H groups in total. The molecule has 1 aromatic rings. The summed E-state index contributed by atoms with van der Waals surface area (Å²) in [7, 11) is 0. The Hall–Kier alpha value is -4.00. The third-order valence-electron chi connectivity index (χ3n) is 6.26. The van der Waals surface area contributed by atoms with Crippen molar-refractivity contribution >= 4 is 35.5 Å². The zero-order valence-electron chi connectivity index (χ0n) is 21.5. The van der Waals surface area contributed by atoms with Crippen LogP contribution in [0.4, 0.5) is 0 Å². The summed E-state index contributed by atoms with van der Waals surface area (Å²) in [5.74, 6) is -4.18. The van der Waals surface area contributed by atoms with Crippen molar-refractivity contribution in [2.45, 2.75) is 76.2 Å². The van der Waals surface area contributed by atoms with Crippen molar-refractivity contribution < 1.29 is 33.9 Å². The molecule has 0 aliphatic carbocycles. The second-order valence-electron chi connectivity index (χ2n) is 9.35. The van der Waals surface area contributed by atoms with Gasteiger partial charge in [0.2, 0.25) is 29.5 Å². The minimum atomic E-state index is -1.22. The topological polar surface area (TPSA) is 214 Å². The monoisotopic (exact) mass is 532 g/mol. The van der Waals surface area contributed by atoms with Crippen LogP contribution < -0.4 is 27.4 Å². The Morgan fingerprint density at radius 1 is 1.00 bits per heavy atom. The number of carboxylic acids is 1. The Kier molecular flexibility index (Phi) is 11.2. The van der Waals surface area contributed by atoms with Crippen LogP contribution in [-0.4, -0.2) is 82.3 Å². The second kappa shape index (κ2) is 14.1. The van der Waals surface area contributed by atoms with Crippen LogP contribution in [0.1, 0.15) is 45.1 Å². The van der Waals surface area contributed by atoms with Crippen LogP contribution in [-0.2, 0) is 35.2 Å². The van der Waals surface area contributed by atoms with Crippen molar-refractivity contribution in [2.75, 3.05) is 6.54 Å². The first-order valence-corrected chi connectivity index (χ1v) is 12.4. The largest absolute Gasteiger partial charge is 0.480 e. The van der Waals surface area contributed by atoms with Crippen molar-refractivity contribution in [1.82, 2.24) is 20.9 Å². The zero-order valence-corrected chi connectivity index (χ0v) is 21.5. The lowest BCUT2D eigenvalue weighted by atomic mass is 10.1. The van der Waals surface area contributed by atoms with Crippen molar-refractivity contribution in [3.8, 4) is 0 Å². The molecule has 1 saturated heterocycles. The van der Waals surface area contributed by atoms with E-state index in [1.807, 2.05) is 0 Å². The molecule has 0 unspecified atom stereocenters. The maximum absolute atomic E-state index is 12.8. The maximum Gasteiger partial charge on any atom is 0.326 e. The van der Waals surface area contributed by atoms with Gasteiger partial charge >= 0.3 is 5.97 Å². The van der Waals surface area contributed by atoms with Crippen LogP contribution in [0.3, 0.4) is 0 Å². The molecule has 5 amide bonds. The number of likely N-dealkylation sites (tertiary alicyclic amines) is 1. The highest BCUT2D eigenvalue weighted by atomic mass is 16.4. The first kappa shape index (κ1) is 30.2. The minimum Gasteiger partial charge on any atom is -0.480 e. The van der Waals surface area contributed by atoms with E-state index in [0.29, 0.717) is 19.4 Å². The third kappa shape index (κ3) is 8.83. The first-order chi connectivity index (χ1) is 17.9. The number of hydrogen-bond donors (Lipinski definition) is 6. The van der Waals surface area contributed by atoms with Gasteiger partial charge < -0.3 is 37.4 Å². The average Bonchev–Trinajstić information content (AvgIpc) is 3.36. The van der Waals surface area contributed by atoms with Gasteiger partial charge in [0.25, 0.3) is 0 Å². The van der Waals surface area contributed by atoms with Crippen LogP contribution in [0.5, 0.6) is 0 Å². The Bertz CT molecular complexity index is 1030. The summed E-state index contributed by atoms with van der Waals surface area (Å²) in [6.07, 6.45) is 1.02. The van der Waals surface area contributed by atoms with Crippen LogP contribution in [0.25, 0.3) is 0 Å². The van der Waals surface area contributed by atoms with Gasteiger partial charge in [-0.3, -0.25) is 24.0 Å². The molecule has 2 rings (SSSR count). The van der Waals surface area contributed by atoms with E-state index in [4.69, 9.17) is 11.5 Å². The van der Waals surface area contributed by atoms with E-state index >= 15 is 0 Å². The van der Waals surface area contributed by atoms with Crippen LogP contribution in [0.15, 0.2) is 30.3 Å². The van der Waals surface area contributed by atoms with Crippen LogP contribution >= 0.6 is 0 Å². The Morgan fingerprint density at radius 3 is 2.21 bits per heavy atom. The van der Waals surface area contributed by atoms with Gasteiger partial charge in [0.15, 0.2) is 0 Å². The molecule has 0 radical (unpaired) electrons. The highest BCUT2D eigenvalue weighted by molar-refractivity contribution is 5.95. The third-order valence-corrected chi connectivity index (χ3v) is 6.26. The van der Waals surface area contributed by atoms with E-state index in [0.717, 1.165) is 5.56 Å². The Balaban J connectivity index is 1.89. The van der Waals surface area contributed by atoms with E-state index < -0.39 is 65.7 Å². The Morgan fingerprint density at radius 2 is 1.61 bits per heavy atom. The molecule has 0 aromatic heterocycles. The maximum atomic E-state index is 12.8.